The van der Waals surface area contributed by atoms with Gasteiger partial charge in [-0.15, -0.1) is 11.8 Å². The first-order valence-electron chi connectivity index (χ1n) is 27.0. The maximum atomic E-state index is 14.5. The zero-order valence-electron chi connectivity index (χ0n) is 45.1. The van der Waals surface area contributed by atoms with Crippen molar-refractivity contribution in [2.45, 2.75) is 91.2 Å². The first-order valence-corrected chi connectivity index (χ1v) is 31.3. The molecule has 1 aromatic heterocycles. The molecule has 4 heterocycles. The van der Waals surface area contributed by atoms with Crippen molar-refractivity contribution in [1.82, 2.24) is 34.9 Å². The van der Waals surface area contributed by atoms with Gasteiger partial charge in [-0.2, -0.15) is 23.4 Å². The van der Waals surface area contributed by atoms with Crippen LogP contribution in [0.4, 0.5) is 30.2 Å². The van der Waals surface area contributed by atoms with Crippen LogP contribution in [-0.2, 0) is 36.0 Å². The number of allylic oxidation sites excluding steroid dienone is 1. The molecule has 4 N–H and O–H groups in total. The van der Waals surface area contributed by atoms with Crippen molar-refractivity contribution >= 4 is 83.6 Å². The number of carbonyl (C=O) groups excluding carboxylic acids is 3. The van der Waals surface area contributed by atoms with Gasteiger partial charge in [-0.05, 0) is 121 Å². The van der Waals surface area contributed by atoms with E-state index in [1.807, 2.05) is 53.3 Å². The normalized spacial score (nSPS) is 19.2. The van der Waals surface area contributed by atoms with Crippen LogP contribution >= 0.6 is 23.4 Å². The molecule has 432 valence electrons. The predicted octanol–water partition coefficient (Wildman–Crippen LogP) is 8.33. The summed E-state index contributed by atoms with van der Waals surface area (Å²) in [5, 5.41) is 17.6. The smallest absolute Gasteiger partial charge is 0.380 e. The van der Waals surface area contributed by atoms with Crippen LogP contribution in [0.3, 0.4) is 0 Å². The second-order valence-electron chi connectivity index (χ2n) is 21.7. The summed E-state index contributed by atoms with van der Waals surface area (Å²) < 4.78 is 99.5. The quantitative estimate of drug-likeness (QED) is 0.0427. The maximum Gasteiger partial charge on any atom is 0.501 e. The Morgan fingerprint density at radius 2 is 1.52 bits per heavy atom. The highest BCUT2D eigenvalue weighted by Crippen LogP contribution is 2.43. The molecule has 4 aliphatic rings. The number of amides is 3. The predicted molar refractivity (Wildman–Crippen MR) is 308 cm³/mol. The number of imide groups is 1. The van der Waals surface area contributed by atoms with E-state index in [9.17, 15) is 44.4 Å². The number of hydrogen-bond donors (Lipinski definition) is 4. The first-order chi connectivity index (χ1) is 38.6. The summed E-state index contributed by atoms with van der Waals surface area (Å²) in [6, 6.07) is 26.8. The van der Waals surface area contributed by atoms with Crippen LogP contribution in [-0.4, -0.2) is 148 Å². The number of sulfone groups is 1. The molecule has 17 nitrogen and oxygen atoms in total. The molecule has 1 aliphatic carbocycles. The van der Waals surface area contributed by atoms with E-state index in [0.29, 0.717) is 80.3 Å². The summed E-state index contributed by atoms with van der Waals surface area (Å²) in [5.74, 6) is -1.44. The summed E-state index contributed by atoms with van der Waals surface area (Å²) in [6.45, 7) is 12.1. The van der Waals surface area contributed by atoms with Crippen molar-refractivity contribution in [3.05, 3.63) is 137 Å². The van der Waals surface area contributed by atoms with E-state index < -0.39 is 64.7 Å². The molecular formula is C57H66ClF3N10O7S3. The Morgan fingerprint density at radius 1 is 0.840 bits per heavy atom. The van der Waals surface area contributed by atoms with Crippen LogP contribution in [0.2, 0.25) is 5.02 Å². The van der Waals surface area contributed by atoms with Crippen molar-refractivity contribution < 1.29 is 44.4 Å². The van der Waals surface area contributed by atoms with E-state index in [1.165, 1.54) is 46.8 Å². The number of piperidine rings is 1. The first kappa shape index (κ1) is 59.5. The highest BCUT2D eigenvalue weighted by atomic mass is 35.5. The highest BCUT2D eigenvalue weighted by molar-refractivity contribution is 7.99. The van der Waals surface area contributed by atoms with E-state index >= 15 is 0 Å². The van der Waals surface area contributed by atoms with Gasteiger partial charge in [-0.1, -0.05) is 61.4 Å². The molecule has 3 saturated heterocycles. The van der Waals surface area contributed by atoms with Gasteiger partial charge in [0.2, 0.25) is 11.8 Å². The van der Waals surface area contributed by atoms with Crippen LogP contribution in [0.15, 0.2) is 130 Å². The second kappa shape index (κ2) is 25.6. The van der Waals surface area contributed by atoms with Gasteiger partial charge in [0, 0.05) is 111 Å². The Morgan fingerprint density at radius 3 is 2.21 bits per heavy atom. The zero-order chi connectivity index (χ0) is 57.5. The fourth-order valence-corrected chi connectivity index (χ4v) is 13.8. The number of anilines is 3. The molecular weight excluding hydrogens is 1130 g/mol. The van der Waals surface area contributed by atoms with Crippen molar-refractivity contribution in [3.8, 4) is 0 Å². The monoisotopic (exact) mass is 1190 g/mol. The highest BCUT2D eigenvalue weighted by Gasteiger charge is 2.48. The number of aromatic nitrogens is 2. The largest absolute Gasteiger partial charge is 0.501 e. The molecule has 2 atom stereocenters. The molecule has 4 aromatic carbocycles. The lowest BCUT2D eigenvalue weighted by Gasteiger charge is -2.39. The minimum atomic E-state index is -6.13. The van der Waals surface area contributed by atoms with Gasteiger partial charge >= 0.3 is 5.51 Å². The van der Waals surface area contributed by atoms with Crippen molar-refractivity contribution in [3.63, 3.8) is 0 Å². The fourth-order valence-electron chi connectivity index (χ4n) is 10.7. The average molecular weight is 1190 g/mol. The lowest BCUT2D eigenvalue weighted by atomic mass is 9.73. The Kier molecular flexibility index (Phi) is 18.8. The van der Waals surface area contributed by atoms with E-state index in [2.05, 4.69) is 71.7 Å². The summed E-state index contributed by atoms with van der Waals surface area (Å²) >= 11 is 7.63. The van der Waals surface area contributed by atoms with Crippen molar-refractivity contribution in [2.24, 2.45) is 5.41 Å². The van der Waals surface area contributed by atoms with Gasteiger partial charge < -0.3 is 20.4 Å². The topological polar surface area (TPSA) is 206 Å². The van der Waals surface area contributed by atoms with Crippen LogP contribution in [0.25, 0.3) is 5.57 Å². The third-order valence-electron chi connectivity index (χ3n) is 15.2. The lowest BCUT2D eigenvalue weighted by Crippen LogP contribution is -2.47. The molecule has 0 saturated carbocycles. The number of thioether (sulfide) groups is 1. The Hall–Kier alpha value is -6.08. The Balaban J connectivity index is 0.826. The molecule has 0 radical (unpaired) electrons. The molecule has 0 spiro atoms. The number of piperazine rings is 2. The van der Waals surface area contributed by atoms with E-state index in [0.717, 1.165) is 74.7 Å². The van der Waals surface area contributed by atoms with Crippen molar-refractivity contribution in [2.75, 3.05) is 86.7 Å². The molecule has 3 fully saturated rings. The van der Waals surface area contributed by atoms with Gasteiger partial charge in [0.15, 0.2) is 0 Å². The third-order valence-corrected chi connectivity index (χ3v) is 19.5. The number of alkyl halides is 3. The van der Waals surface area contributed by atoms with Crippen LogP contribution in [0.1, 0.15) is 74.0 Å². The van der Waals surface area contributed by atoms with Crippen molar-refractivity contribution in [1.29, 1.82) is 0 Å². The zero-order valence-corrected chi connectivity index (χ0v) is 48.3. The maximum absolute atomic E-state index is 14.5. The number of sulfonamides is 1. The number of halogens is 4. The Labute approximate surface area is 480 Å². The molecule has 1 unspecified atom stereocenters. The molecule has 24 heteroatoms. The average Bonchev–Trinajstić information content (AvgIpc) is 3.44. The molecule has 3 amide bonds. The summed E-state index contributed by atoms with van der Waals surface area (Å²) in [4.78, 5) is 45.2. The molecule has 5 aromatic rings. The number of hydrogen-bond acceptors (Lipinski definition) is 16. The van der Waals surface area contributed by atoms with Gasteiger partial charge in [0.25, 0.3) is 25.8 Å². The molecule has 0 bridgehead atoms. The number of nitrogens with one attached hydrogen (secondary N) is 4. The summed E-state index contributed by atoms with van der Waals surface area (Å²) in [5.41, 5.74) is 0.0851. The minimum Gasteiger partial charge on any atom is -0.380 e. The summed E-state index contributed by atoms with van der Waals surface area (Å²) in [6.07, 6.45) is 5.60. The van der Waals surface area contributed by atoms with Crippen LogP contribution in [0, 0.1) is 5.41 Å². The SMILES string of the molecule is CC1(C)CCC(c2ccc(Cl)cc2)=C(CN2CCN(c3ccc(C(=O)NS(=O)(=O)c4ccc(N[C@H](CCN5CCN(Cc6cc(NC7CCC(=O)NC7=O)cnn6)CC5)CSc5ccccc5)c(S(=O)(=O)C(F)(F)F)c4)cc3)CC2)C1. The standard InChI is InChI=1S/C57H66ClF3N10O7S3/c1-56(2)22-20-49(39-8-12-42(58)13-9-39)41(34-56)36-69-28-30-71(31-29-69)46-14-10-40(11-15-46)54(73)67-81(77,78)48-16-17-50(52(33-48)80(75,76)57(59,60)61)63-43(38-79-47-6-4-3-5-7-47)21-23-68-24-26-70(27-25-68)37-45-32-44(35-62-66-45)64-51-18-19-53(72)65-55(51)74/h3-17,32-33,35,43,51,63H,18-31,34,36-38H2,1-2H3,(H,64,66)(H,67,73)(H,65,72,74)/t43-,51?/m1/s1. The van der Waals surface area contributed by atoms with Gasteiger partial charge in [0.1, 0.15) is 10.9 Å². The number of rotatable bonds is 20. The number of nitrogens with zero attached hydrogens (tertiary/aromatic N) is 6. The van der Waals surface area contributed by atoms with Crippen LogP contribution in [0.5, 0.6) is 0 Å². The fraction of sp³-hybridized carbons (Fsp3) is 0.421. The summed E-state index contributed by atoms with van der Waals surface area (Å²) in [7, 11) is -11.0. The third kappa shape index (κ3) is 15.5. The van der Waals surface area contributed by atoms with E-state index in [4.69, 9.17) is 11.6 Å². The van der Waals surface area contributed by atoms with E-state index in [-0.39, 0.29) is 23.3 Å². The molecule has 3 aliphatic heterocycles. The van der Waals surface area contributed by atoms with Crippen LogP contribution < -0.4 is 25.6 Å². The number of benzene rings is 4. The molecule has 9 rings (SSSR count). The molecule has 81 heavy (non-hydrogen) atoms. The number of carbonyl (C=O) groups is 3. The van der Waals surface area contributed by atoms with Gasteiger partial charge in [-0.3, -0.25) is 29.5 Å². The Bertz CT molecular complexity index is 3330. The minimum absolute atomic E-state index is 0.0233. The second-order valence-corrected chi connectivity index (χ2v) is 26.9. The van der Waals surface area contributed by atoms with E-state index in [1.54, 1.807) is 12.1 Å². The van der Waals surface area contributed by atoms with Gasteiger partial charge in [-0.25, -0.2) is 21.6 Å². The lowest BCUT2D eigenvalue weighted by molar-refractivity contribution is -0.133. The van der Waals surface area contributed by atoms with Gasteiger partial charge in [0.05, 0.1) is 28.2 Å².